The predicted molar refractivity (Wildman–Crippen MR) is 44.9 cm³/mol. The molecule has 0 radical (unpaired) electrons. The fourth-order valence-electron chi connectivity index (χ4n) is 1.26. The van der Waals surface area contributed by atoms with Gasteiger partial charge in [0.05, 0.1) is 0 Å². The van der Waals surface area contributed by atoms with Crippen LogP contribution in [0.4, 0.5) is 0 Å². The molecule has 0 unspecified atom stereocenters. The lowest BCUT2D eigenvalue weighted by Crippen LogP contribution is -2.14. The van der Waals surface area contributed by atoms with Gasteiger partial charge >= 0.3 is 0 Å². The SMILES string of the molecule is CCC[C@@H](CO)[C@H](C)CC. The molecule has 10 heavy (non-hydrogen) atoms. The molecule has 1 nitrogen and oxygen atoms in total. The van der Waals surface area contributed by atoms with Crippen LogP contribution in [0.5, 0.6) is 0 Å². The monoisotopic (exact) mass is 144 g/mol. The van der Waals surface area contributed by atoms with Gasteiger partial charge in [-0.15, -0.1) is 0 Å². The molecule has 1 N–H and O–H groups in total. The van der Waals surface area contributed by atoms with Crippen molar-refractivity contribution in [1.82, 2.24) is 0 Å². The maximum Gasteiger partial charge on any atom is 0.0461 e. The highest BCUT2D eigenvalue weighted by Crippen LogP contribution is 2.19. The van der Waals surface area contributed by atoms with Crippen LogP contribution in [0.3, 0.4) is 0 Å². The third kappa shape index (κ3) is 3.21. The molecular weight excluding hydrogens is 124 g/mol. The number of rotatable bonds is 5. The zero-order valence-corrected chi connectivity index (χ0v) is 7.43. The van der Waals surface area contributed by atoms with E-state index >= 15 is 0 Å². The Morgan fingerprint density at radius 2 is 1.90 bits per heavy atom. The molecule has 1 heteroatoms. The van der Waals surface area contributed by atoms with Crippen LogP contribution in [0.2, 0.25) is 0 Å². The van der Waals surface area contributed by atoms with Crippen molar-refractivity contribution in [2.24, 2.45) is 11.8 Å². The van der Waals surface area contributed by atoms with Gasteiger partial charge in [0, 0.05) is 6.61 Å². The van der Waals surface area contributed by atoms with Gasteiger partial charge in [0.1, 0.15) is 0 Å². The van der Waals surface area contributed by atoms with E-state index in [9.17, 15) is 0 Å². The molecule has 0 aromatic rings. The first-order valence-electron chi connectivity index (χ1n) is 4.37. The van der Waals surface area contributed by atoms with Crippen LogP contribution in [0.1, 0.15) is 40.0 Å². The van der Waals surface area contributed by atoms with Crippen molar-refractivity contribution in [3.8, 4) is 0 Å². The summed E-state index contributed by atoms with van der Waals surface area (Å²) in [5.74, 6) is 1.22. The molecule has 0 saturated heterocycles. The maximum absolute atomic E-state index is 8.96. The van der Waals surface area contributed by atoms with Crippen LogP contribution in [-0.2, 0) is 0 Å². The van der Waals surface area contributed by atoms with Gasteiger partial charge in [-0.05, 0) is 18.3 Å². The molecule has 0 heterocycles. The molecule has 0 spiro atoms. The quantitative estimate of drug-likeness (QED) is 0.628. The molecule has 0 aromatic heterocycles. The van der Waals surface area contributed by atoms with Gasteiger partial charge in [0.2, 0.25) is 0 Å². The molecule has 0 aromatic carbocycles. The van der Waals surface area contributed by atoms with Gasteiger partial charge in [0.25, 0.3) is 0 Å². The van der Waals surface area contributed by atoms with Crippen molar-refractivity contribution in [2.75, 3.05) is 6.61 Å². The lowest BCUT2D eigenvalue weighted by atomic mass is 9.89. The van der Waals surface area contributed by atoms with E-state index in [0.717, 1.165) is 0 Å². The normalized spacial score (nSPS) is 16.8. The largest absolute Gasteiger partial charge is 0.396 e. The fraction of sp³-hybridized carbons (Fsp3) is 1.00. The van der Waals surface area contributed by atoms with E-state index in [1.807, 2.05) is 0 Å². The van der Waals surface area contributed by atoms with Crippen molar-refractivity contribution in [3.63, 3.8) is 0 Å². The number of hydrogen-bond donors (Lipinski definition) is 1. The van der Waals surface area contributed by atoms with Crippen LogP contribution < -0.4 is 0 Å². The Kier molecular flexibility index (Phi) is 5.70. The smallest absolute Gasteiger partial charge is 0.0461 e. The highest BCUT2D eigenvalue weighted by molar-refractivity contribution is 4.63. The topological polar surface area (TPSA) is 20.2 Å². The van der Waals surface area contributed by atoms with Crippen LogP contribution in [0, 0.1) is 11.8 Å². The van der Waals surface area contributed by atoms with Crippen molar-refractivity contribution in [2.45, 2.75) is 40.0 Å². The molecule has 0 fully saturated rings. The van der Waals surface area contributed by atoms with Crippen molar-refractivity contribution in [1.29, 1.82) is 0 Å². The average Bonchev–Trinajstić information content (AvgIpc) is 1.99. The fourth-order valence-corrected chi connectivity index (χ4v) is 1.26. The van der Waals surface area contributed by atoms with E-state index < -0.39 is 0 Å². The maximum atomic E-state index is 8.96. The van der Waals surface area contributed by atoms with Crippen molar-refractivity contribution >= 4 is 0 Å². The minimum atomic E-state index is 0.364. The minimum absolute atomic E-state index is 0.364. The van der Waals surface area contributed by atoms with Crippen LogP contribution >= 0.6 is 0 Å². The Balaban J connectivity index is 3.56. The number of aliphatic hydroxyl groups is 1. The van der Waals surface area contributed by atoms with Gasteiger partial charge in [-0.25, -0.2) is 0 Å². The molecular formula is C9H20O. The zero-order chi connectivity index (χ0) is 7.98. The Morgan fingerprint density at radius 3 is 2.20 bits per heavy atom. The Bertz CT molecular complexity index is 71.1. The molecule has 0 rings (SSSR count). The van der Waals surface area contributed by atoms with Gasteiger partial charge in [0.15, 0.2) is 0 Å². The highest BCUT2D eigenvalue weighted by Gasteiger charge is 2.12. The molecule has 0 amide bonds. The number of hydrogen-bond acceptors (Lipinski definition) is 1. The molecule has 62 valence electrons. The lowest BCUT2D eigenvalue weighted by molar-refractivity contribution is 0.170. The average molecular weight is 144 g/mol. The van der Waals surface area contributed by atoms with Gasteiger partial charge in [-0.2, -0.15) is 0 Å². The lowest BCUT2D eigenvalue weighted by Gasteiger charge is -2.19. The summed E-state index contributed by atoms with van der Waals surface area (Å²) >= 11 is 0. The Morgan fingerprint density at radius 1 is 1.30 bits per heavy atom. The summed E-state index contributed by atoms with van der Waals surface area (Å²) in [5, 5.41) is 8.96. The minimum Gasteiger partial charge on any atom is -0.396 e. The van der Waals surface area contributed by atoms with Crippen LogP contribution in [0.25, 0.3) is 0 Å². The van der Waals surface area contributed by atoms with E-state index in [1.165, 1.54) is 19.3 Å². The van der Waals surface area contributed by atoms with E-state index in [4.69, 9.17) is 5.11 Å². The summed E-state index contributed by atoms with van der Waals surface area (Å²) in [6, 6.07) is 0. The molecule has 0 saturated carbocycles. The molecule has 0 aliphatic heterocycles. The standard InChI is InChI=1S/C9H20O/c1-4-6-9(7-10)8(3)5-2/h8-10H,4-7H2,1-3H3/t8-,9+/m1/s1. The second kappa shape index (κ2) is 5.72. The first kappa shape index (κ1) is 9.96. The highest BCUT2D eigenvalue weighted by atomic mass is 16.3. The summed E-state index contributed by atoms with van der Waals surface area (Å²) < 4.78 is 0. The first-order valence-corrected chi connectivity index (χ1v) is 4.37. The van der Waals surface area contributed by atoms with E-state index in [-0.39, 0.29) is 0 Å². The second-order valence-corrected chi connectivity index (χ2v) is 3.12. The third-order valence-corrected chi connectivity index (χ3v) is 2.34. The number of aliphatic hydroxyl groups excluding tert-OH is 1. The van der Waals surface area contributed by atoms with Gasteiger partial charge < -0.3 is 5.11 Å². The van der Waals surface area contributed by atoms with E-state index in [2.05, 4.69) is 20.8 Å². The molecule has 2 atom stereocenters. The molecule has 0 aliphatic rings. The van der Waals surface area contributed by atoms with E-state index in [1.54, 1.807) is 0 Å². The molecule has 0 bridgehead atoms. The van der Waals surface area contributed by atoms with Crippen LogP contribution in [-0.4, -0.2) is 11.7 Å². The van der Waals surface area contributed by atoms with Crippen molar-refractivity contribution < 1.29 is 5.11 Å². The summed E-state index contributed by atoms with van der Waals surface area (Å²) in [6.07, 6.45) is 3.55. The zero-order valence-electron chi connectivity index (χ0n) is 7.43. The first-order chi connectivity index (χ1) is 4.76. The Hall–Kier alpha value is -0.0400. The van der Waals surface area contributed by atoms with Crippen LogP contribution in [0.15, 0.2) is 0 Å². The van der Waals surface area contributed by atoms with Crippen molar-refractivity contribution in [3.05, 3.63) is 0 Å². The third-order valence-electron chi connectivity index (χ3n) is 2.34. The van der Waals surface area contributed by atoms with Gasteiger partial charge in [-0.3, -0.25) is 0 Å². The second-order valence-electron chi connectivity index (χ2n) is 3.12. The predicted octanol–water partition coefficient (Wildman–Crippen LogP) is 2.44. The summed E-state index contributed by atoms with van der Waals surface area (Å²) in [5.41, 5.74) is 0. The van der Waals surface area contributed by atoms with Gasteiger partial charge in [-0.1, -0.05) is 33.6 Å². The summed E-state index contributed by atoms with van der Waals surface area (Å²) in [7, 11) is 0. The molecule has 0 aliphatic carbocycles. The summed E-state index contributed by atoms with van der Waals surface area (Å²) in [4.78, 5) is 0. The van der Waals surface area contributed by atoms with E-state index in [0.29, 0.717) is 18.4 Å². The summed E-state index contributed by atoms with van der Waals surface area (Å²) in [6.45, 7) is 6.94. The Labute approximate surface area is 64.5 Å².